The molecule has 33 heavy (non-hydrogen) atoms. The highest BCUT2D eigenvalue weighted by atomic mass is 16.6. The smallest absolute Gasteiger partial charge is 0.325 e. The Hall–Kier alpha value is -4.28. The van der Waals surface area contributed by atoms with Crippen LogP contribution in [0, 0.1) is 0 Å². The van der Waals surface area contributed by atoms with Gasteiger partial charge >= 0.3 is 12.1 Å². The van der Waals surface area contributed by atoms with Crippen molar-refractivity contribution in [1.29, 1.82) is 0 Å². The van der Waals surface area contributed by atoms with Crippen LogP contribution in [0.5, 0.6) is 17.2 Å². The van der Waals surface area contributed by atoms with E-state index in [1.165, 1.54) is 0 Å². The first kappa shape index (κ1) is 20.6. The summed E-state index contributed by atoms with van der Waals surface area (Å²) in [6.45, 7) is 0.466. The lowest BCUT2D eigenvalue weighted by molar-refractivity contribution is -0.135. The van der Waals surface area contributed by atoms with Gasteiger partial charge in [0.1, 0.15) is 25.5 Å². The highest BCUT2D eigenvalue weighted by molar-refractivity contribution is 6.11. The number of benzene rings is 2. The van der Waals surface area contributed by atoms with Gasteiger partial charge in [0.15, 0.2) is 17.0 Å². The molecule has 11 heteroatoms. The van der Waals surface area contributed by atoms with Gasteiger partial charge in [-0.1, -0.05) is 18.2 Å². The van der Waals surface area contributed by atoms with Crippen molar-refractivity contribution in [3.63, 3.8) is 0 Å². The number of hydrogen-bond donors (Lipinski definition) is 3. The molecule has 1 saturated heterocycles. The van der Waals surface area contributed by atoms with E-state index in [-0.39, 0.29) is 13.0 Å². The molecule has 0 aliphatic carbocycles. The van der Waals surface area contributed by atoms with Crippen LogP contribution in [0.4, 0.5) is 15.3 Å². The molecule has 3 N–H and O–H groups in total. The number of anilines is 1. The second kappa shape index (κ2) is 8.01. The maximum Gasteiger partial charge on any atom is 0.325 e. The number of hydrogen-bond acceptors (Lipinski definition) is 7. The largest absolute Gasteiger partial charge is 0.493 e. The summed E-state index contributed by atoms with van der Waals surface area (Å²) >= 11 is 0. The van der Waals surface area contributed by atoms with Crippen molar-refractivity contribution in [2.75, 3.05) is 31.7 Å². The molecule has 170 valence electrons. The SMILES string of the molecule is O=C(CN1C(=O)N[C@@]2(CCOc3ccccc32)C1=O)NC(=O)Nc1ccc2c(c1)OCCO2. The number of nitrogens with zero attached hydrogens (tertiary/aromatic N) is 1. The van der Waals surface area contributed by atoms with Crippen molar-refractivity contribution in [3.8, 4) is 17.2 Å². The Bertz CT molecular complexity index is 1170. The summed E-state index contributed by atoms with van der Waals surface area (Å²) in [5.74, 6) is 0.163. The predicted octanol–water partition coefficient (Wildman–Crippen LogP) is 1.34. The summed E-state index contributed by atoms with van der Waals surface area (Å²) < 4.78 is 16.5. The molecule has 11 nitrogen and oxygen atoms in total. The molecular weight excluding hydrogens is 432 g/mol. The van der Waals surface area contributed by atoms with Crippen LogP contribution in [0.2, 0.25) is 0 Å². The fourth-order valence-corrected chi connectivity index (χ4v) is 4.11. The van der Waals surface area contributed by atoms with Gasteiger partial charge in [-0.25, -0.2) is 9.59 Å². The van der Waals surface area contributed by atoms with Gasteiger partial charge in [-0.05, 0) is 18.2 Å². The van der Waals surface area contributed by atoms with Crippen molar-refractivity contribution < 1.29 is 33.4 Å². The molecule has 2 aromatic carbocycles. The quantitative estimate of drug-likeness (QED) is 0.598. The number of amides is 6. The lowest BCUT2D eigenvalue weighted by Gasteiger charge is -2.33. The number of rotatable bonds is 3. The number of imide groups is 2. The number of nitrogens with one attached hydrogen (secondary N) is 3. The first-order valence-electron chi connectivity index (χ1n) is 10.3. The fraction of sp³-hybridized carbons (Fsp3) is 0.273. The maximum absolute atomic E-state index is 13.2. The number of fused-ring (bicyclic) bond motifs is 3. The summed E-state index contributed by atoms with van der Waals surface area (Å²) in [7, 11) is 0. The van der Waals surface area contributed by atoms with Gasteiger partial charge in [-0.2, -0.15) is 0 Å². The minimum atomic E-state index is -1.29. The van der Waals surface area contributed by atoms with Gasteiger partial charge in [0.05, 0.1) is 6.61 Å². The van der Waals surface area contributed by atoms with Crippen LogP contribution in [0.15, 0.2) is 42.5 Å². The molecular formula is C22H20N4O7. The molecule has 6 amide bonds. The van der Waals surface area contributed by atoms with E-state index in [1.807, 2.05) is 0 Å². The first-order valence-corrected chi connectivity index (χ1v) is 10.3. The topological polar surface area (TPSA) is 135 Å². The first-order chi connectivity index (χ1) is 16.0. The second-order valence-corrected chi connectivity index (χ2v) is 7.68. The number of ether oxygens (including phenoxy) is 3. The lowest BCUT2D eigenvalue weighted by atomic mass is 9.84. The molecule has 3 aliphatic rings. The zero-order valence-electron chi connectivity index (χ0n) is 17.4. The van der Waals surface area contributed by atoms with Crippen molar-refractivity contribution in [3.05, 3.63) is 48.0 Å². The molecule has 0 unspecified atom stereocenters. The van der Waals surface area contributed by atoms with Gasteiger partial charge in [0.2, 0.25) is 5.91 Å². The average molecular weight is 452 g/mol. The van der Waals surface area contributed by atoms with E-state index < -0.39 is 36.0 Å². The number of urea groups is 2. The van der Waals surface area contributed by atoms with Crippen LogP contribution in [-0.4, -0.2) is 55.1 Å². The highest BCUT2D eigenvalue weighted by Gasteiger charge is 2.55. The van der Waals surface area contributed by atoms with Gasteiger partial charge < -0.3 is 24.8 Å². The predicted molar refractivity (Wildman–Crippen MR) is 113 cm³/mol. The minimum Gasteiger partial charge on any atom is -0.493 e. The molecule has 5 rings (SSSR count). The average Bonchev–Trinajstić information content (AvgIpc) is 3.04. The molecule has 1 atom stereocenters. The summed E-state index contributed by atoms with van der Waals surface area (Å²) in [4.78, 5) is 51.2. The minimum absolute atomic E-state index is 0.233. The van der Waals surface area contributed by atoms with E-state index in [1.54, 1.807) is 42.5 Å². The van der Waals surface area contributed by atoms with Crippen molar-refractivity contribution in [2.24, 2.45) is 0 Å². The highest BCUT2D eigenvalue weighted by Crippen LogP contribution is 2.40. The number of carbonyl (C=O) groups is 4. The van der Waals surface area contributed by atoms with Gasteiger partial charge in [0.25, 0.3) is 5.91 Å². The van der Waals surface area contributed by atoms with Crippen LogP contribution >= 0.6 is 0 Å². The summed E-state index contributed by atoms with van der Waals surface area (Å²) in [5, 5.41) is 7.34. The van der Waals surface area contributed by atoms with E-state index >= 15 is 0 Å². The molecule has 1 fully saturated rings. The standard InChI is InChI=1S/C22H20N4O7/c27-18(24-20(29)23-13-5-6-16-17(11-13)33-10-9-32-16)12-26-19(28)22(25-21(26)30)7-8-31-15-4-2-1-3-14(15)22/h1-6,11H,7-10,12H2,(H,25,30)(H2,23,24,27,29)/t22-/m1/s1. The maximum atomic E-state index is 13.2. The number of carbonyl (C=O) groups excluding carboxylic acids is 4. The van der Waals surface area contributed by atoms with Crippen molar-refractivity contribution >= 4 is 29.6 Å². The van der Waals surface area contributed by atoms with Crippen LogP contribution in [0.1, 0.15) is 12.0 Å². The Labute approximate surface area is 188 Å². The molecule has 1 spiro atoms. The molecule has 0 aromatic heterocycles. The van der Waals surface area contributed by atoms with Crippen LogP contribution in [0.25, 0.3) is 0 Å². The fourth-order valence-electron chi connectivity index (χ4n) is 4.11. The lowest BCUT2D eigenvalue weighted by Crippen LogP contribution is -2.48. The van der Waals surface area contributed by atoms with Gasteiger partial charge in [-0.15, -0.1) is 0 Å². The monoisotopic (exact) mass is 452 g/mol. The van der Waals surface area contributed by atoms with Crippen LogP contribution < -0.4 is 30.2 Å². The third-order valence-corrected chi connectivity index (χ3v) is 5.61. The normalized spacial score (nSPS) is 20.5. The summed E-state index contributed by atoms with van der Waals surface area (Å²) in [6, 6.07) is 10.2. The third kappa shape index (κ3) is 3.67. The molecule has 3 heterocycles. The zero-order chi connectivity index (χ0) is 23.0. The Morgan fingerprint density at radius 1 is 0.970 bits per heavy atom. The van der Waals surface area contributed by atoms with Gasteiger partial charge in [0, 0.05) is 23.7 Å². The molecule has 0 bridgehead atoms. The number of para-hydroxylation sites is 1. The van der Waals surface area contributed by atoms with Gasteiger partial charge in [-0.3, -0.25) is 19.8 Å². The van der Waals surface area contributed by atoms with E-state index in [0.29, 0.717) is 41.7 Å². The van der Waals surface area contributed by atoms with E-state index in [2.05, 4.69) is 16.0 Å². The van der Waals surface area contributed by atoms with Crippen LogP contribution in [-0.2, 0) is 15.1 Å². The zero-order valence-corrected chi connectivity index (χ0v) is 17.4. The molecule has 0 radical (unpaired) electrons. The Morgan fingerprint density at radius 2 is 1.73 bits per heavy atom. The Kier molecular flexibility index (Phi) is 5.00. The summed E-state index contributed by atoms with van der Waals surface area (Å²) in [6.07, 6.45) is 0.233. The third-order valence-electron chi connectivity index (χ3n) is 5.61. The van der Waals surface area contributed by atoms with Crippen molar-refractivity contribution in [1.82, 2.24) is 15.5 Å². The molecule has 0 saturated carbocycles. The molecule has 2 aromatic rings. The van der Waals surface area contributed by atoms with Crippen LogP contribution in [0.3, 0.4) is 0 Å². The van der Waals surface area contributed by atoms with E-state index in [0.717, 1.165) is 4.90 Å². The Morgan fingerprint density at radius 3 is 2.58 bits per heavy atom. The van der Waals surface area contributed by atoms with E-state index in [9.17, 15) is 19.2 Å². The second-order valence-electron chi connectivity index (χ2n) is 7.68. The Balaban J connectivity index is 1.24. The molecule has 3 aliphatic heterocycles. The summed E-state index contributed by atoms with van der Waals surface area (Å²) in [5.41, 5.74) is -0.370. The van der Waals surface area contributed by atoms with Crippen molar-refractivity contribution in [2.45, 2.75) is 12.0 Å². The van der Waals surface area contributed by atoms with E-state index in [4.69, 9.17) is 14.2 Å².